The molecule has 2 N–H and O–H groups in total. The molecule has 1 fully saturated rings. The number of hydrogen-bond donors (Lipinski definition) is 2. The molecule has 0 aromatic heterocycles. The lowest BCUT2D eigenvalue weighted by atomic mass is 9.80. The lowest BCUT2D eigenvalue weighted by molar-refractivity contribution is 0.249. The van der Waals surface area contributed by atoms with E-state index in [1.807, 2.05) is 6.92 Å². The zero-order chi connectivity index (χ0) is 15.6. The minimum atomic E-state index is -3.91. The van der Waals surface area contributed by atoms with Crippen LogP contribution in [0.5, 0.6) is 0 Å². The zero-order valence-electron chi connectivity index (χ0n) is 12.3. The van der Waals surface area contributed by atoms with Crippen LogP contribution in [0.1, 0.15) is 38.7 Å². The molecule has 21 heavy (non-hydrogen) atoms. The summed E-state index contributed by atoms with van der Waals surface area (Å²) in [4.78, 5) is -0.389. The molecule has 0 bridgehead atoms. The predicted molar refractivity (Wildman–Crippen MR) is 78.6 cm³/mol. The standard InChI is InChI=1S/C15H22FNO3S/c1-10-3-6-14(11(2)7-10)17-21(19,20)15-8-12(9-18)4-5-13(15)16/h4-5,8,10-11,14,17-18H,3,6-7,9H2,1-2H3. The first-order valence-electron chi connectivity index (χ1n) is 7.25. The summed E-state index contributed by atoms with van der Waals surface area (Å²) in [5.74, 6) is 0.0272. The number of hydrogen-bond acceptors (Lipinski definition) is 3. The minimum absolute atomic E-state index is 0.164. The molecule has 1 aliphatic rings. The Morgan fingerprint density at radius 1 is 1.33 bits per heavy atom. The van der Waals surface area contributed by atoms with Crippen molar-refractivity contribution < 1.29 is 17.9 Å². The van der Waals surface area contributed by atoms with Crippen molar-refractivity contribution in [3.05, 3.63) is 29.6 Å². The SMILES string of the molecule is CC1CCC(NS(=O)(=O)c2cc(CO)ccc2F)C(C)C1. The third kappa shape index (κ3) is 3.81. The molecule has 6 heteroatoms. The van der Waals surface area contributed by atoms with E-state index in [1.165, 1.54) is 12.1 Å². The van der Waals surface area contributed by atoms with Gasteiger partial charge in [-0.3, -0.25) is 0 Å². The van der Waals surface area contributed by atoms with Crippen LogP contribution in [-0.2, 0) is 16.6 Å². The van der Waals surface area contributed by atoms with Crippen LogP contribution in [-0.4, -0.2) is 19.6 Å². The van der Waals surface area contributed by atoms with E-state index in [2.05, 4.69) is 11.6 Å². The summed E-state index contributed by atoms with van der Waals surface area (Å²) in [5.41, 5.74) is 0.377. The second-order valence-corrected chi connectivity index (χ2v) is 7.73. The topological polar surface area (TPSA) is 66.4 Å². The highest BCUT2D eigenvalue weighted by Crippen LogP contribution is 2.30. The molecular weight excluding hydrogens is 293 g/mol. The third-order valence-corrected chi connectivity index (χ3v) is 5.71. The van der Waals surface area contributed by atoms with Crippen molar-refractivity contribution in [2.24, 2.45) is 11.8 Å². The van der Waals surface area contributed by atoms with E-state index >= 15 is 0 Å². The van der Waals surface area contributed by atoms with Gasteiger partial charge in [0.25, 0.3) is 0 Å². The molecule has 3 unspecified atom stereocenters. The maximum Gasteiger partial charge on any atom is 0.243 e. The molecule has 2 rings (SSSR count). The first kappa shape index (κ1) is 16.4. The highest BCUT2D eigenvalue weighted by molar-refractivity contribution is 7.89. The maximum atomic E-state index is 13.8. The van der Waals surface area contributed by atoms with Crippen LogP contribution in [0, 0.1) is 17.7 Å². The first-order chi connectivity index (χ1) is 9.83. The van der Waals surface area contributed by atoms with Crippen LogP contribution in [0.4, 0.5) is 4.39 Å². The summed E-state index contributed by atoms with van der Waals surface area (Å²) in [5, 5.41) is 9.07. The number of benzene rings is 1. The molecule has 1 aliphatic carbocycles. The summed E-state index contributed by atoms with van der Waals surface area (Å²) in [6.45, 7) is 3.86. The van der Waals surface area contributed by atoms with Gasteiger partial charge in [-0.05, 0) is 48.8 Å². The average Bonchev–Trinajstić information content (AvgIpc) is 2.42. The van der Waals surface area contributed by atoms with E-state index in [4.69, 9.17) is 5.11 Å². The number of nitrogens with one attached hydrogen (secondary N) is 1. The molecule has 0 spiro atoms. The Morgan fingerprint density at radius 3 is 2.67 bits per heavy atom. The molecule has 1 aromatic rings. The Labute approximate surface area is 125 Å². The normalized spacial score (nSPS) is 26.8. The molecular formula is C15H22FNO3S. The van der Waals surface area contributed by atoms with Gasteiger partial charge in [0.15, 0.2) is 0 Å². The Morgan fingerprint density at radius 2 is 2.05 bits per heavy atom. The molecule has 0 heterocycles. The number of sulfonamides is 1. The summed E-state index contributed by atoms with van der Waals surface area (Å²) in [6, 6.07) is 3.47. The van der Waals surface area contributed by atoms with Crippen molar-refractivity contribution in [2.75, 3.05) is 0 Å². The largest absolute Gasteiger partial charge is 0.392 e. The molecule has 1 saturated carbocycles. The molecule has 118 valence electrons. The molecule has 0 radical (unpaired) electrons. The van der Waals surface area contributed by atoms with Gasteiger partial charge in [-0.15, -0.1) is 0 Å². The Bertz CT molecular complexity index is 603. The number of aliphatic hydroxyl groups is 1. The predicted octanol–water partition coefficient (Wildman–Crippen LogP) is 2.42. The van der Waals surface area contributed by atoms with Crippen molar-refractivity contribution in [3.8, 4) is 0 Å². The highest BCUT2D eigenvalue weighted by atomic mass is 32.2. The number of aliphatic hydroxyl groups excluding tert-OH is 1. The van der Waals surface area contributed by atoms with Crippen LogP contribution in [0.15, 0.2) is 23.1 Å². The number of rotatable bonds is 4. The van der Waals surface area contributed by atoms with E-state index in [-0.39, 0.29) is 23.5 Å². The van der Waals surface area contributed by atoms with E-state index in [0.29, 0.717) is 11.5 Å². The summed E-state index contributed by atoms with van der Waals surface area (Å²) >= 11 is 0. The fourth-order valence-corrected chi connectivity index (χ4v) is 4.46. The van der Waals surface area contributed by atoms with Crippen molar-refractivity contribution in [1.82, 2.24) is 4.72 Å². The molecule has 1 aromatic carbocycles. The first-order valence-corrected chi connectivity index (χ1v) is 8.73. The molecule has 3 atom stereocenters. The molecule has 0 amide bonds. The lowest BCUT2D eigenvalue weighted by Crippen LogP contribution is -2.42. The van der Waals surface area contributed by atoms with Gasteiger partial charge in [0.05, 0.1) is 6.61 Å². The zero-order valence-corrected chi connectivity index (χ0v) is 13.2. The summed E-state index contributed by atoms with van der Waals surface area (Å²) in [6.07, 6.45) is 2.70. The maximum absolute atomic E-state index is 13.8. The van der Waals surface area contributed by atoms with Crippen molar-refractivity contribution >= 4 is 10.0 Å². The Kier molecular flexibility index (Phi) is 5.01. The molecule has 0 aliphatic heterocycles. The van der Waals surface area contributed by atoms with Crippen LogP contribution in [0.2, 0.25) is 0 Å². The van der Waals surface area contributed by atoms with Gasteiger partial charge in [-0.2, -0.15) is 0 Å². The van der Waals surface area contributed by atoms with Crippen LogP contribution in [0.3, 0.4) is 0 Å². The Balaban J connectivity index is 2.22. The van der Waals surface area contributed by atoms with E-state index in [0.717, 1.165) is 25.3 Å². The fraction of sp³-hybridized carbons (Fsp3) is 0.600. The van der Waals surface area contributed by atoms with E-state index < -0.39 is 15.8 Å². The van der Waals surface area contributed by atoms with E-state index in [1.54, 1.807) is 0 Å². The molecule has 0 saturated heterocycles. The van der Waals surface area contributed by atoms with Gasteiger partial charge >= 0.3 is 0 Å². The highest BCUT2D eigenvalue weighted by Gasteiger charge is 2.30. The van der Waals surface area contributed by atoms with Crippen molar-refractivity contribution in [1.29, 1.82) is 0 Å². The Hall–Kier alpha value is -0.980. The minimum Gasteiger partial charge on any atom is -0.392 e. The van der Waals surface area contributed by atoms with Gasteiger partial charge in [-0.1, -0.05) is 19.9 Å². The van der Waals surface area contributed by atoms with Gasteiger partial charge < -0.3 is 5.11 Å². The van der Waals surface area contributed by atoms with Crippen LogP contribution in [0.25, 0.3) is 0 Å². The van der Waals surface area contributed by atoms with Gasteiger partial charge in [0.2, 0.25) is 10.0 Å². The second-order valence-electron chi connectivity index (χ2n) is 6.05. The van der Waals surface area contributed by atoms with Gasteiger partial charge in [0, 0.05) is 6.04 Å². The number of halogens is 1. The quantitative estimate of drug-likeness (QED) is 0.897. The summed E-state index contributed by atoms with van der Waals surface area (Å²) < 4.78 is 41.2. The van der Waals surface area contributed by atoms with Gasteiger partial charge in [-0.25, -0.2) is 17.5 Å². The fourth-order valence-electron chi connectivity index (χ4n) is 2.96. The van der Waals surface area contributed by atoms with Crippen LogP contribution >= 0.6 is 0 Å². The van der Waals surface area contributed by atoms with E-state index in [9.17, 15) is 12.8 Å². The van der Waals surface area contributed by atoms with Crippen molar-refractivity contribution in [2.45, 2.75) is 50.7 Å². The smallest absolute Gasteiger partial charge is 0.243 e. The second kappa shape index (κ2) is 6.42. The third-order valence-electron chi connectivity index (χ3n) is 4.21. The summed E-state index contributed by atoms with van der Waals surface area (Å²) in [7, 11) is -3.91. The van der Waals surface area contributed by atoms with Crippen LogP contribution < -0.4 is 4.72 Å². The lowest BCUT2D eigenvalue weighted by Gasteiger charge is -2.32. The van der Waals surface area contributed by atoms with Crippen molar-refractivity contribution in [3.63, 3.8) is 0 Å². The average molecular weight is 315 g/mol. The monoisotopic (exact) mass is 315 g/mol. The molecule has 4 nitrogen and oxygen atoms in total. The van der Waals surface area contributed by atoms with Gasteiger partial charge in [0.1, 0.15) is 10.7 Å².